The molecule has 1 rings (SSSR count). The molecule has 102 valence electrons. The van der Waals surface area contributed by atoms with Crippen LogP contribution in [0.2, 0.25) is 0 Å². The number of nitrogens with one attached hydrogen (secondary N) is 1. The summed E-state index contributed by atoms with van der Waals surface area (Å²) in [5, 5.41) is 12.7. The van der Waals surface area contributed by atoms with E-state index in [-0.39, 0.29) is 12.1 Å². The van der Waals surface area contributed by atoms with Gasteiger partial charge in [-0.25, -0.2) is 0 Å². The Labute approximate surface area is 105 Å². The molecule has 0 saturated carbocycles. The van der Waals surface area contributed by atoms with Gasteiger partial charge < -0.3 is 19.9 Å². The summed E-state index contributed by atoms with van der Waals surface area (Å²) < 4.78 is 11.1. The molecule has 1 unspecified atom stereocenters. The van der Waals surface area contributed by atoms with E-state index in [9.17, 15) is 5.11 Å². The zero-order valence-corrected chi connectivity index (χ0v) is 11.2. The quantitative estimate of drug-likeness (QED) is 0.674. The van der Waals surface area contributed by atoms with Gasteiger partial charge in [0, 0.05) is 19.8 Å². The zero-order chi connectivity index (χ0) is 12.6. The maximum atomic E-state index is 9.39. The van der Waals surface area contributed by atoms with Crippen LogP contribution in [0, 0.1) is 5.92 Å². The van der Waals surface area contributed by atoms with Gasteiger partial charge in [-0.1, -0.05) is 6.92 Å². The molecule has 1 heterocycles. The molecule has 0 aromatic rings. The molecule has 1 saturated heterocycles. The van der Waals surface area contributed by atoms with E-state index < -0.39 is 0 Å². The minimum atomic E-state index is -0.304. The predicted molar refractivity (Wildman–Crippen MR) is 68.1 cm³/mol. The van der Waals surface area contributed by atoms with Crippen LogP contribution in [0.15, 0.2) is 0 Å². The number of hydrogen-bond donors (Lipinski definition) is 2. The standard InChI is InChI=1S/C13H27NO3/c1-3-6-14-13(2,10-15)11-17-9-12-4-7-16-8-5-12/h12,14-15H,3-11H2,1-2H3. The van der Waals surface area contributed by atoms with Gasteiger partial charge in [0.1, 0.15) is 0 Å². The Bertz CT molecular complexity index is 195. The van der Waals surface area contributed by atoms with Crippen LogP contribution in [-0.2, 0) is 9.47 Å². The molecule has 1 aliphatic rings. The van der Waals surface area contributed by atoms with E-state index in [1.54, 1.807) is 0 Å². The molecule has 4 heteroatoms. The number of aliphatic hydroxyl groups excluding tert-OH is 1. The zero-order valence-electron chi connectivity index (χ0n) is 11.2. The first-order chi connectivity index (χ1) is 8.20. The molecule has 0 aromatic heterocycles. The third kappa shape index (κ3) is 5.82. The lowest BCUT2D eigenvalue weighted by Crippen LogP contribution is -2.50. The van der Waals surface area contributed by atoms with Crippen molar-refractivity contribution in [3.63, 3.8) is 0 Å². The smallest absolute Gasteiger partial charge is 0.0668 e. The van der Waals surface area contributed by atoms with Gasteiger partial charge >= 0.3 is 0 Å². The highest BCUT2D eigenvalue weighted by atomic mass is 16.5. The lowest BCUT2D eigenvalue weighted by Gasteiger charge is -2.30. The van der Waals surface area contributed by atoms with Crippen LogP contribution in [0.5, 0.6) is 0 Å². The summed E-state index contributed by atoms with van der Waals surface area (Å²) in [6.07, 6.45) is 3.26. The molecule has 0 aliphatic carbocycles. The van der Waals surface area contributed by atoms with Crippen molar-refractivity contribution in [3.8, 4) is 0 Å². The van der Waals surface area contributed by atoms with Gasteiger partial charge in [-0.3, -0.25) is 0 Å². The molecule has 0 aromatic carbocycles. The fourth-order valence-corrected chi connectivity index (χ4v) is 1.94. The van der Waals surface area contributed by atoms with Crippen molar-refractivity contribution < 1.29 is 14.6 Å². The van der Waals surface area contributed by atoms with Gasteiger partial charge in [-0.05, 0) is 38.6 Å². The molecule has 17 heavy (non-hydrogen) atoms. The molecular formula is C13H27NO3. The molecule has 2 N–H and O–H groups in total. The molecule has 0 bridgehead atoms. The Morgan fingerprint density at radius 3 is 2.71 bits per heavy atom. The molecule has 1 fully saturated rings. The highest BCUT2D eigenvalue weighted by Crippen LogP contribution is 2.15. The van der Waals surface area contributed by atoms with Crippen LogP contribution >= 0.6 is 0 Å². The van der Waals surface area contributed by atoms with Gasteiger partial charge in [-0.15, -0.1) is 0 Å². The van der Waals surface area contributed by atoms with Crippen LogP contribution in [0.1, 0.15) is 33.1 Å². The monoisotopic (exact) mass is 245 g/mol. The molecular weight excluding hydrogens is 218 g/mol. The van der Waals surface area contributed by atoms with Gasteiger partial charge in [0.2, 0.25) is 0 Å². The van der Waals surface area contributed by atoms with Crippen LogP contribution in [0.4, 0.5) is 0 Å². The third-order valence-electron chi connectivity index (χ3n) is 3.27. The maximum absolute atomic E-state index is 9.39. The summed E-state index contributed by atoms with van der Waals surface area (Å²) >= 11 is 0. The van der Waals surface area contributed by atoms with Crippen LogP contribution in [-0.4, -0.2) is 50.2 Å². The topological polar surface area (TPSA) is 50.7 Å². The fourth-order valence-electron chi connectivity index (χ4n) is 1.94. The lowest BCUT2D eigenvalue weighted by molar-refractivity contribution is -0.00543. The summed E-state index contributed by atoms with van der Waals surface area (Å²) in [4.78, 5) is 0. The molecule has 1 atom stereocenters. The van der Waals surface area contributed by atoms with Crippen LogP contribution < -0.4 is 5.32 Å². The summed E-state index contributed by atoms with van der Waals surface area (Å²) in [7, 11) is 0. The minimum absolute atomic E-state index is 0.112. The average molecular weight is 245 g/mol. The maximum Gasteiger partial charge on any atom is 0.0668 e. The normalized spacial score (nSPS) is 21.4. The Kier molecular flexibility index (Phi) is 7.04. The summed E-state index contributed by atoms with van der Waals surface area (Å²) in [6.45, 7) is 8.23. The molecule has 0 amide bonds. The van der Waals surface area contributed by atoms with Crippen molar-refractivity contribution in [2.24, 2.45) is 5.92 Å². The Morgan fingerprint density at radius 1 is 1.41 bits per heavy atom. The number of hydrogen-bond acceptors (Lipinski definition) is 4. The van der Waals surface area contributed by atoms with Crippen LogP contribution in [0.25, 0.3) is 0 Å². The fraction of sp³-hybridized carbons (Fsp3) is 1.00. The van der Waals surface area contributed by atoms with Crippen molar-refractivity contribution in [3.05, 3.63) is 0 Å². The van der Waals surface area contributed by atoms with Gasteiger partial charge in [0.25, 0.3) is 0 Å². The SMILES string of the molecule is CCCNC(C)(CO)COCC1CCOCC1. The average Bonchev–Trinajstić information content (AvgIpc) is 2.38. The summed E-state index contributed by atoms with van der Waals surface area (Å²) in [5.74, 6) is 0.623. The Balaban J connectivity index is 2.17. The van der Waals surface area contributed by atoms with E-state index in [1.165, 1.54) is 0 Å². The minimum Gasteiger partial charge on any atom is -0.394 e. The third-order valence-corrected chi connectivity index (χ3v) is 3.27. The first-order valence-electron chi connectivity index (χ1n) is 6.71. The van der Waals surface area contributed by atoms with Gasteiger partial charge in [-0.2, -0.15) is 0 Å². The second-order valence-electron chi connectivity index (χ2n) is 5.22. The number of ether oxygens (including phenoxy) is 2. The summed E-state index contributed by atoms with van der Waals surface area (Å²) in [6, 6.07) is 0. The lowest BCUT2D eigenvalue weighted by atomic mass is 10.0. The van der Waals surface area contributed by atoms with Crippen molar-refractivity contribution in [2.75, 3.05) is 39.6 Å². The number of rotatable bonds is 8. The van der Waals surface area contributed by atoms with E-state index in [0.717, 1.165) is 45.6 Å². The molecule has 0 radical (unpaired) electrons. The van der Waals surface area contributed by atoms with Crippen molar-refractivity contribution in [1.29, 1.82) is 0 Å². The first kappa shape index (κ1) is 14.9. The Hall–Kier alpha value is -0.160. The van der Waals surface area contributed by atoms with Gasteiger partial charge in [0.05, 0.1) is 18.8 Å². The molecule has 1 aliphatic heterocycles. The largest absolute Gasteiger partial charge is 0.394 e. The second-order valence-corrected chi connectivity index (χ2v) is 5.22. The summed E-state index contributed by atoms with van der Waals surface area (Å²) in [5.41, 5.74) is -0.304. The van der Waals surface area contributed by atoms with E-state index in [1.807, 2.05) is 6.92 Å². The predicted octanol–water partition coefficient (Wildman–Crippen LogP) is 1.18. The Morgan fingerprint density at radius 2 is 2.12 bits per heavy atom. The molecule has 0 spiro atoms. The highest BCUT2D eigenvalue weighted by Gasteiger charge is 2.23. The first-order valence-corrected chi connectivity index (χ1v) is 6.71. The van der Waals surface area contributed by atoms with Gasteiger partial charge in [0.15, 0.2) is 0 Å². The van der Waals surface area contributed by atoms with Crippen molar-refractivity contribution in [2.45, 2.75) is 38.6 Å². The highest BCUT2D eigenvalue weighted by molar-refractivity contribution is 4.82. The van der Waals surface area contributed by atoms with E-state index >= 15 is 0 Å². The van der Waals surface area contributed by atoms with E-state index in [0.29, 0.717) is 12.5 Å². The van der Waals surface area contributed by atoms with Crippen molar-refractivity contribution >= 4 is 0 Å². The number of aliphatic hydroxyl groups is 1. The molecule has 4 nitrogen and oxygen atoms in total. The van der Waals surface area contributed by atoms with Crippen molar-refractivity contribution in [1.82, 2.24) is 5.32 Å². The second kappa shape index (κ2) is 8.03. The van der Waals surface area contributed by atoms with Crippen LogP contribution in [0.3, 0.4) is 0 Å². The van der Waals surface area contributed by atoms with E-state index in [4.69, 9.17) is 9.47 Å². The van der Waals surface area contributed by atoms with E-state index in [2.05, 4.69) is 12.2 Å².